The predicted molar refractivity (Wildman–Crippen MR) is 12.6 cm³/mol. The molecule has 0 saturated heterocycles. The standard InChI is InChI=1S/Au.FH.HNS/c;;1-2/h;1H;1H. The van der Waals surface area contributed by atoms with Gasteiger partial charge < -0.3 is 0 Å². The molecule has 0 aromatic heterocycles. The predicted octanol–water partition coefficient (Wildman–Crippen LogP) is 0.446. The Bertz CT molecular complexity index is 8.00. The van der Waals surface area contributed by atoms with Crippen LogP contribution in [0.2, 0.25) is 0 Å². The van der Waals surface area contributed by atoms with Gasteiger partial charge in [-0.3, -0.25) is 4.70 Å². The molecule has 0 aromatic carbocycles. The molecule has 31 valence electrons. The van der Waals surface area contributed by atoms with E-state index in [0.717, 1.165) is 0 Å². The molecule has 0 spiro atoms. The van der Waals surface area contributed by atoms with Crippen LogP contribution in [0.4, 0.5) is 4.70 Å². The third-order valence-corrected chi connectivity index (χ3v) is 0. The largest absolute Gasteiger partial charge is 0.269 e. The molecule has 0 amide bonds. The number of halogens is 1. The van der Waals surface area contributed by atoms with Crippen LogP contribution in [-0.4, -0.2) is 0 Å². The Kier molecular flexibility index (Phi) is 313. The minimum atomic E-state index is 0. The molecule has 4 heavy (non-hydrogen) atoms. The second-order valence-electron chi connectivity index (χ2n) is 0. The third-order valence-electron chi connectivity index (χ3n) is 0. The topological polar surface area (TPSA) is 23.9 Å². The molecule has 0 unspecified atom stereocenters. The normalized spacial score (nSPS) is 1.00. The molecule has 0 heterocycles. The summed E-state index contributed by atoms with van der Waals surface area (Å²) in [7, 11) is 0. The van der Waals surface area contributed by atoms with Crippen LogP contribution in [0.25, 0.3) is 0 Å². The van der Waals surface area contributed by atoms with Crippen molar-refractivity contribution in [3.8, 4) is 0 Å². The van der Waals surface area contributed by atoms with Crippen LogP contribution >= 0.6 is 0 Å². The van der Waals surface area contributed by atoms with Gasteiger partial charge in [0, 0.05) is 34.8 Å². The summed E-state index contributed by atoms with van der Waals surface area (Å²) in [4.78, 5) is 0. The Hall–Kier alpha value is 0.690. The molecule has 1 nitrogen and oxygen atoms in total. The van der Waals surface area contributed by atoms with Crippen LogP contribution in [0.5, 0.6) is 0 Å². The monoisotopic (exact) mass is 264 g/mol. The fourth-order valence-electron chi connectivity index (χ4n) is 0. The molecule has 0 saturated carbocycles. The Labute approximate surface area is 44.6 Å². The van der Waals surface area contributed by atoms with Gasteiger partial charge in [0.05, 0.1) is 0 Å². The molecule has 1 N–H and O–H groups in total. The van der Waals surface area contributed by atoms with E-state index in [1.807, 2.05) is 0 Å². The van der Waals surface area contributed by atoms with Crippen LogP contribution in [0.3, 0.4) is 0 Å². The zero-order chi connectivity index (χ0) is 2.00. The summed E-state index contributed by atoms with van der Waals surface area (Å²) in [5.74, 6) is 0. The summed E-state index contributed by atoms with van der Waals surface area (Å²) in [5.41, 5.74) is 0. The number of hydrogen-bond donors (Lipinski definition) is 1. The maximum Gasteiger partial charge on any atom is 0.0324 e. The fourth-order valence-corrected chi connectivity index (χ4v) is 0. The second kappa shape index (κ2) is 56.1. The van der Waals surface area contributed by atoms with Gasteiger partial charge in [0.15, 0.2) is 0 Å². The van der Waals surface area contributed by atoms with Crippen LogP contribution in [0.1, 0.15) is 0 Å². The smallest absolute Gasteiger partial charge is 0.0324 e. The van der Waals surface area contributed by atoms with Crippen molar-refractivity contribution in [3.63, 3.8) is 0 Å². The van der Waals surface area contributed by atoms with Crippen molar-refractivity contribution in [1.82, 2.24) is 0 Å². The van der Waals surface area contributed by atoms with Crippen molar-refractivity contribution in [2.75, 3.05) is 0 Å². The first kappa shape index (κ1) is 22.4. The van der Waals surface area contributed by atoms with Gasteiger partial charge >= 0.3 is 0 Å². The average Bonchev–Trinajstić information content (AvgIpc) is 1.00. The Morgan fingerprint density at radius 3 is 1.25 bits per heavy atom. The quantitative estimate of drug-likeness (QED) is 0.631. The van der Waals surface area contributed by atoms with E-state index in [2.05, 4.69) is 12.4 Å². The average molecular weight is 264 g/mol. The Morgan fingerprint density at radius 1 is 1.25 bits per heavy atom. The van der Waals surface area contributed by atoms with Crippen molar-refractivity contribution in [1.29, 1.82) is 4.78 Å². The van der Waals surface area contributed by atoms with E-state index in [9.17, 15) is 0 Å². The molecule has 0 bridgehead atoms. The Morgan fingerprint density at radius 2 is 1.25 bits per heavy atom. The first-order valence-electron chi connectivity index (χ1n) is 0.204. The van der Waals surface area contributed by atoms with Gasteiger partial charge in [-0.1, -0.05) is 0 Å². The van der Waals surface area contributed by atoms with Gasteiger partial charge in [-0.25, -0.2) is 4.78 Å². The molecule has 0 atom stereocenters. The van der Waals surface area contributed by atoms with Gasteiger partial charge in [0.2, 0.25) is 0 Å². The minimum absolute atomic E-state index is 0. The molecule has 0 fully saturated rings. The first-order chi connectivity index (χ1) is 1.00. The van der Waals surface area contributed by atoms with E-state index in [4.69, 9.17) is 4.78 Å². The zero-order valence-corrected chi connectivity index (χ0v) is 4.60. The van der Waals surface area contributed by atoms with Crippen LogP contribution in [0, 0.1) is 4.78 Å². The van der Waals surface area contributed by atoms with E-state index in [1.165, 1.54) is 0 Å². The SMILES string of the molecule is F.N=S.[Au]. The second-order valence-corrected chi connectivity index (χ2v) is 0. The molecule has 1 radical (unpaired) electrons. The van der Waals surface area contributed by atoms with Gasteiger partial charge in [0.25, 0.3) is 0 Å². The molecule has 0 aromatic rings. The van der Waals surface area contributed by atoms with Crippen molar-refractivity contribution < 1.29 is 27.1 Å². The summed E-state index contributed by atoms with van der Waals surface area (Å²) in [5, 5.41) is 0. The summed E-state index contributed by atoms with van der Waals surface area (Å²) in [6.45, 7) is 0. The summed E-state index contributed by atoms with van der Waals surface area (Å²) in [6, 6.07) is 0. The van der Waals surface area contributed by atoms with Crippen molar-refractivity contribution in [2.45, 2.75) is 0 Å². The summed E-state index contributed by atoms with van der Waals surface area (Å²) < 4.78 is 5.33. The summed E-state index contributed by atoms with van der Waals surface area (Å²) >= 11 is 3.33. The van der Waals surface area contributed by atoms with Crippen LogP contribution < -0.4 is 0 Å². The number of nitrogens with one attached hydrogen (secondary N) is 1. The Balaban J connectivity index is -0.00000000500. The maximum absolute atomic E-state index is 5.33. The van der Waals surface area contributed by atoms with Crippen LogP contribution in [0.15, 0.2) is 0 Å². The molecule has 0 aliphatic carbocycles. The molecular weight excluding hydrogens is 262 g/mol. The number of rotatable bonds is 0. The van der Waals surface area contributed by atoms with Crippen molar-refractivity contribution in [2.24, 2.45) is 0 Å². The van der Waals surface area contributed by atoms with E-state index in [1.54, 1.807) is 0 Å². The van der Waals surface area contributed by atoms with Crippen molar-refractivity contribution in [3.05, 3.63) is 0 Å². The molecule has 0 rings (SSSR count). The van der Waals surface area contributed by atoms with Crippen LogP contribution in [-0.2, 0) is 34.8 Å². The molecule has 4 heteroatoms. The van der Waals surface area contributed by atoms with Gasteiger partial charge in [0.1, 0.15) is 0 Å². The number of hydrogen-bond acceptors (Lipinski definition) is 2. The van der Waals surface area contributed by atoms with E-state index >= 15 is 0 Å². The van der Waals surface area contributed by atoms with E-state index in [-0.39, 0.29) is 27.1 Å². The van der Waals surface area contributed by atoms with Crippen molar-refractivity contribution >= 4 is 12.4 Å². The first-order valence-corrected chi connectivity index (χ1v) is 0.612. The molecule has 0 aliphatic heterocycles. The fraction of sp³-hybridized carbons (Fsp3) is 0. The van der Waals surface area contributed by atoms with E-state index < -0.39 is 0 Å². The third kappa shape index (κ3) is 16.1. The van der Waals surface area contributed by atoms with E-state index in [0.29, 0.717) is 0 Å². The summed E-state index contributed by atoms with van der Waals surface area (Å²) in [6.07, 6.45) is 0. The zero-order valence-electron chi connectivity index (χ0n) is 1.62. The molecular formula is H2AuFNS. The molecule has 0 aliphatic rings. The minimum Gasteiger partial charge on any atom is -0.269 e. The van der Waals surface area contributed by atoms with Gasteiger partial charge in [-0.05, 0) is 0 Å². The van der Waals surface area contributed by atoms with Gasteiger partial charge in [-0.2, -0.15) is 0 Å². The maximum atomic E-state index is 5.33. The van der Waals surface area contributed by atoms with Gasteiger partial charge in [-0.15, -0.1) is 0 Å².